The summed E-state index contributed by atoms with van der Waals surface area (Å²) in [4.78, 5) is 13.8. The third-order valence-corrected chi connectivity index (χ3v) is 5.59. The molecule has 2 heterocycles. The van der Waals surface area contributed by atoms with Crippen LogP contribution in [0.15, 0.2) is 0 Å². The number of piperidine rings is 1. The molecule has 0 bridgehead atoms. The molecule has 2 saturated heterocycles. The van der Waals surface area contributed by atoms with Crippen molar-refractivity contribution in [2.24, 2.45) is 5.92 Å². The molecule has 0 aromatic rings. The summed E-state index contributed by atoms with van der Waals surface area (Å²) in [6.07, 6.45) is 2.16. The van der Waals surface area contributed by atoms with Gasteiger partial charge in [-0.2, -0.15) is 0 Å². The highest BCUT2D eigenvalue weighted by atomic mass is 35.5. The molecule has 2 aliphatic rings. The van der Waals surface area contributed by atoms with Gasteiger partial charge in [-0.05, 0) is 31.8 Å². The van der Waals surface area contributed by atoms with E-state index in [2.05, 4.69) is 5.32 Å². The van der Waals surface area contributed by atoms with Gasteiger partial charge < -0.3 is 10.1 Å². The first-order chi connectivity index (χ1) is 9.02. The number of methoxy groups -OCH3 is 1. The molecule has 118 valence electrons. The number of sulfone groups is 1. The van der Waals surface area contributed by atoms with Crippen molar-refractivity contribution in [2.75, 3.05) is 44.8 Å². The summed E-state index contributed by atoms with van der Waals surface area (Å²) in [5, 5.41) is 3.30. The van der Waals surface area contributed by atoms with E-state index in [1.54, 1.807) is 0 Å². The first-order valence-corrected chi connectivity index (χ1v) is 8.57. The van der Waals surface area contributed by atoms with Crippen LogP contribution in [0.1, 0.15) is 12.8 Å². The van der Waals surface area contributed by atoms with Crippen LogP contribution >= 0.6 is 12.4 Å². The monoisotopic (exact) mass is 326 g/mol. The van der Waals surface area contributed by atoms with Crippen molar-refractivity contribution in [3.8, 4) is 0 Å². The Bertz CT molecular complexity index is 423. The Balaban J connectivity index is 0.00000200. The van der Waals surface area contributed by atoms with Crippen LogP contribution in [-0.2, 0) is 19.4 Å². The molecule has 0 aliphatic carbocycles. The Kier molecular flexibility index (Phi) is 6.71. The molecule has 6 nitrogen and oxygen atoms in total. The van der Waals surface area contributed by atoms with Crippen LogP contribution in [0.25, 0.3) is 0 Å². The molecule has 8 heteroatoms. The lowest BCUT2D eigenvalue weighted by Crippen LogP contribution is -2.54. The van der Waals surface area contributed by atoms with E-state index in [1.807, 2.05) is 4.90 Å². The Morgan fingerprint density at radius 1 is 1.35 bits per heavy atom. The van der Waals surface area contributed by atoms with Gasteiger partial charge in [0.15, 0.2) is 9.84 Å². The van der Waals surface area contributed by atoms with E-state index in [0.29, 0.717) is 12.5 Å². The van der Waals surface area contributed by atoms with Crippen LogP contribution in [-0.4, -0.2) is 70.1 Å². The van der Waals surface area contributed by atoms with Crippen LogP contribution in [0.4, 0.5) is 0 Å². The number of carbonyl (C=O) groups excluding carboxylic acids is 1. The topological polar surface area (TPSA) is 75.7 Å². The number of rotatable bonds is 3. The molecular formula is C12H23ClN2O4S. The summed E-state index contributed by atoms with van der Waals surface area (Å²) >= 11 is 0. The van der Waals surface area contributed by atoms with Gasteiger partial charge in [-0.1, -0.05) is 0 Å². The number of esters is 1. The van der Waals surface area contributed by atoms with Gasteiger partial charge in [0.1, 0.15) is 6.04 Å². The molecule has 0 radical (unpaired) electrons. The van der Waals surface area contributed by atoms with Crippen LogP contribution in [0, 0.1) is 5.92 Å². The lowest BCUT2D eigenvalue weighted by atomic mass is 9.97. The number of hydrogen-bond acceptors (Lipinski definition) is 6. The average molecular weight is 327 g/mol. The molecule has 1 N–H and O–H groups in total. The number of halogens is 1. The van der Waals surface area contributed by atoms with Gasteiger partial charge in [0.2, 0.25) is 0 Å². The number of carbonyl (C=O) groups is 1. The van der Waals surface area contributed by atoms with Gasteiger partial charge in [0, 0.05) is 13.1 Å². The van der Waals surface area contributed by atoms with Crippen LogP contribution in [0.2, 0.25) is 0 Å². The highest BCUT2D eigenvalue weighted by molar-refractivity contribution is 7.91. The van der Waals surface area contributed by atoms with E-state index < -0.39 is 21.8 Å². The third-order valence-electron chi connectivity index (χ3n) is 3.97. The maximum Gasteiger partial charge on any atom is 0.324 e. The highest BCUT2D eigenvalue weighted by Crippen LogP contribution is 2.19. The second-order valence-corrected chi connectivity index (χ2v) is 7.57. The van der Waals surface area contributed by atoms with Gasteiger partial charge in [-0.25, -0.2) is 8.42 Å². The SMILES string of the molecule is COC(=O)[C@@H]1CS(=O)(=O)CCN1CC1CCNCC1.Cl. The normalized spacial score (nSPS) is 27.6. The number of ether oxygens (including phenoxy) is 1. The van der Waals surface area contributed by atoms with Crippen molar-refractivity contribution >= 4 is 28.2 Å². The summed E-state index contributed by atoms with van der Waals surface area (Å²) in [6.45, 7) is 3.22. The lowest BCUT2D eigenvalue weighted by molar-refractivity contribution is -0.146. The highest BCUT2D eigenvalue weighted by Gasteiger charge is 2.37. The number of nitrogens with zero attached hydrogens (tertiary/aromatic N) is 1. The van der Waals surface area contributed by atoms with Crippen molar-refractivity contribution < 1.29 is 17.9 Å². The van der Waals surface area contributed by atoms with Crippen molar-refractivity contribution in [3.05, 3.63) is 0 Å². The first-order valence-electron chi connectivity index (χ1n) is 6.75. The summed E-state index contributed by atoms with van der Waals surface area (Å²) < 4.78 is 28.1. The zero-order valence-electron chi connectivity index (χ0n) is 11.7. The number of nitrogens with one attached hydrogen (secondary N) is 1. The Morgan fingerprint density at radius 3 is 2.60 bits per heavy atom. The smallest absolute Gasteiger partial charge is 0.324 e. The number of hydrogen-bond donors (Lipinski definition) is 1. The fourth-order valence-corrected chi connectivity index (χ4v) is 4.32. The van der Waals surface area contributed by atoms with Crippen LogP contribution < -0.4 is 5.32 Å². The summed E-state index contributed by atoms with van der Waals surface area (Å²) in [7, 11) is -1.80. The van der Waals surface area contributed by atoms with Crippen molar-refractivity contribution in [3.63, 3.8) is 0 Å². The largest absolute Gasteiger partial charge is 0.468 e. The molecule has 0 spiro atoms. The minimum Gasteiger partial charge on any atom is -0.468 e. The third kappa shape index (κ3) is 4.58. The maximum absolute atomic E-state index is 11.8. The molecule has 20 heavy (non-hydrogen) atoms. The van der Waals surface area contributed by atoms with Gasteiger partial charge in [-0.15, -0.1) is 12.4 Å². The van der Waals surface area contributed by atoms with Crippen molar-refractivity contribution in [1.82, 2.24) is 10.2 Å². The van der Waals surface area contributed by atoms with E-state index in [9.17, 15) is 13.2 Å². The molecule has 2 rings (SSSR count). The van der Waals surface area contributed by atoms with Gasteiger partial charge in [0.05, 0.1) is 18.6 Å². The predicted octanol–water partition coefficient (Wildman–Crippen LogP) is -0.320. The molecule has 0 aromatic carbocycles. The fourth-order valence-electron chi connectivity index (χ4n) is 2.81. The lowest BCUT2D eigenvalue weighted by Gasteiger charge is -2.36. The minimum absolute atomic E-state index is 0. The van der Waals surface area contributed by atoms with Crippen molar-refractivity contribution in [1.29, 1.82) is 0 Å². The molecule has 0 aromatic heterocycles. The van der Waals surface area contributed by atoms with E-state index >= 15 is 0 Å². The van der Waals surface area contributed by atoms with Gasteiger partial charge in [0.25, 0.3) is 0 Å². The summed E-state index contributed by atoms with van der Waals surface area (Å²) in [5.74, 6) is 0.141. The van der Waals surface area contributed by atoms with E-state index in [1.165, 1.54) is 7.11 Å². The van der Waals surface area contributed by atoms with E-state index in [4.69, 9.17) is 4.74 Å². The second kappa shape index (κ2) is 7.59. The predicted molar refractivity (Wildman–Crippen MR) is 78.9 cm³/mol. The summed E-state index contributed by atoms with van der Waals surface area (Å²) in [6, 6.07) is -0.626. The van der Waals surface area contributed by atoms with Crippen molar-refractivity contribution in [2.45, 2.75) is 18.9 Å². The molecule has 1 atom stereocenters. The van der Waals surface area contributed by atoms with E-state index in [-0.39, 0.29) is 23.9 Å². The maximum atomic E-state index is 11.8. The van der Waals surface area contributed by atoms with Crippen LogP contribution in [0.3, 0.4) is 0 Å². The molecule has 0 saturated carbocycles. The zero-order valence-corrected chi connectivity index (χ0v) is 13.3. The van der Waals surface area contributed by atoms with E-state index in [0.717, 1.165) is 32.5 Å². The van der Waals surface area contributed by atoms with Gasteiger partial charge >= 0.3 is 5.97 Å². The molecule has 0 unspecified atom stereocenters. The Hall–Kier alpha value is -0.370. The Morgan fingerprint density at radius 2 is 2.00 bits per heavy atom. The molecule has 2 aliphatic heterocycles. The molecule has 0 amide bonds. The minimum atomic E-state index is -3.12. The zero-order chi connectivity index (χ0) is 13.9. The summed E-state index contributed by atoms with van der Waals surface area (Å²) in [5.41, 5.74) is 0. The molecular weight excluding hydrogens is 304 g/mol. The fraction of sp³-hybridized carbons (Fsp3) is 0.917. The quantitative estimate of drug-likeness (QED) is 0.716. The van der Waals surface area contributed by atoms with Gasteiger partial charge in [-0.3, -0.25) is 9.69 Å². The average Bonchev–Trinajstić information content (AvgIpc) is 2.41. The van der Waals surface area contributed by atoms with Crippen LogP contribution in [0.5, 0.6) is 0 Å². The standard InChI is InChI=1S/C12H22N2O4S.ClH/c1-18-12(15)11-9-19(16,17)7-6-14(11)8-10-2-4-13-5-3-10;/h10-11,13H,2-9H2,1H3;1H/t11-;/m0./s1. The molecule has 2 fully saturated rings. The first kappa shape index (κ1) is 17.7. The second-order valence-electron chi connectivity index (χ2n) is 5.34. The Labute approximate surface area is 126 Å².